The average Bonchev–Trinajstić information content (AvgIpc) is 2.55. The summed E-state index contributed by atoms with van der Waals surface area (Å²) in [5, 5.41) is 13.7. The fourth-order valence-electron chi connectivity index (χ4n) is 1.55. The lowest BCUT2D eigenvalue weighted by atomic mass is 10.2. The number of aryl methyl sites for hydroxylation is 1. The van der Waals surface area contributed by atoms with Gasteiger partial charge in [0.25, 0.3) is 0 Å². The molecule has 5 heteroatoms. The number of aromatic nitrogens is 2. The van der Waals surface area contributed by atoms with Gasteiger partial charge in [0.05, 0.1) is 5.52 Å². The molecule has 78 valence electrons. The molecule has 1 aromatic carbocycles. The second kappa shape index (κ2) is 3.66. The Balaban J connectivity index is 2.81. The van der Waals surface area contributed by atoms with Crippen LogP contribution in [0.1, 0.15) is 17.4 Å². The average molecular weight is 269 g/mol. The van der Waals surface area contributed by atoms with E-state index in [1.165, 1.54) is 0 Å². The van der Waals surface area contributed by atoms with E-state index in [1.54, 1.807) is 10.7 Å². The fourth-order valence-corrected chi connectivity index (χ4v) is 1.91. The molecule has 0 aliphatic heterocycles. The highest BCUT2D eigenvalue weighted by Crippen LogP contribution is 2.23. The molecule has 0 spiro atoms. The van der Waals surface area contributed by atoms with E-state index in [2.05, 4.69) is 21.0 Å². The van der Waals surface area contributed by atoms with Crippen molar-refractivity contribution in [2.75, 3.05) is 0 Å². The van der Waals surface area contributed by atoms with Gasteiger partial charge in [-0.3, -0.25) is 4.68 Å². The SMILES string of the molecule is CCn1nc(C(=O)O)c2cc(Br)ccc21. The third kappa shape index (κ3) is 1.63. The molecule has 1 aromatic heterocycles. The molecule has 0 saturated carbocycles. The molecule has 0 atom stereocenters. The number of hydrogen-bond acceptors (Lipinski definition) is 2. The number of benzene rings is 1. The summed E-state index contributed by atoms with van der Waals surface area (Å²) in [6, 6.07) is 5.52. The van der Waals surface area contributed by atoms with Gasteiger partial charge in [0.2, 0.25) is 0 Å². The molecular formula is C10H9BrN2O2. The molecule has 2 aromatic rings. The molecule has 0 aliphatic rings. The summed E-state index contributed by atoms with van der Waals surface area (Å²) in [6.07, 6.45) is 0. The van der Waals surface area contributed by atoms with Crippen molar-refractivity contribution in [1.29, 1.82) is 0 Å². The number of carbonyl (C=O) groups is 1. The number of carboxylic acids is 1. The van der Waals surface area contributed by atoms with Crippen LogP contribution in [0.3, 0.4) is 0 Å². The van der Waals surface area contributed by atoms with Gasteiger partial charge in [-0.25, -0.2) is 4.79 Å². The molecule has 0 amide bonds. The monoisotopic (exact) mass is 268 g/mol. The summed E-state index contributed by atoms with van der Waals surface area (Å²) < 4.78 is 2.54. The summed E-state index contributed by atoms with van der Waals surface area (Å²) >= 11 is 3.32. The minimum absolute atomic E-state index is 0.105. The Hall–Kier alpha value is -1.36. The molecule has 4 nitrogen and oxygen atoms in total. The molecule has 1 heterocycles. The zero-order valence-corrected chi connectivity index (χ0v) is 9.65. The van der Waals surface area contributed by atoms with Crippen molar-refractivity contribution in [3.63, 3.8) is 0 Å². The molecule has 1 N–H and O–H groups in total. The zero-order valence-electron chi connectivity index (χ0n) is 8.07. The first-order valence-electron chi connectivity index (χ1n) is 4.53. The Labute approximate surface area is 94.6 Å². The van der Waals surface area contributed by atoms with Crippen LogP contribution in [0.4, 0.5) is 0 Å². The van der Waals surface area contributed by atoms with Gasteiger partial charge in [-0.2, -0.15) is 5.10 Å². The Bertz CT molecular complexity index is 533. The van der Waals surface area contributed by atoms with E-state index in [1.807, 2.05) is 19.1 Å². The van der Waals surface area contributed by atoms with Gasteiger partial charge < -0.3 is 5.11 Å². The van der Waals surface area contributed by atoms with E-state index in [0.717, 1.165) is 9.99 Å². The number of fused-ring (bicyclic) bond motifs is 1. The molecule has 15 heavy (non-hydrogen) atoms. The van der Waals surface area contributed by atoms with Crippen LogP contribution in [-0.4, -0.2) is 20.9 Å². The number of halogens is 1. The zero-order chi connectivity index (χ0) is 11.0. The van der Waals surface area contributed by atoms with Crippen molar-refractivity contribution in [3.05, 3.63) is 28.4 Å². The van der Waals surface area contributed by atoms with Crippen molar-refractivity contribution >= 4 is 32.8 Å². The summed E-state index contributed by atoms with van der Waals surface area (Å²) in [5.41, 5.74) is 0.950. The van der Waals surface area contributed by atoms with Crippen molar-refractivity contribution < 1.29 is 9.90 Å². The molecule has 0 saturated heterocycles. The van der Waals surface area contributed by atoms with Gasteiger partial charge in [-0.1, -0.05) is 15.9 Å². The van der Waals surface area contributed by atoms with Gasteiger partial charge in [-0.05, 0) is 25.1 Å². The second-order valence-electron chi connectivity index (χ2n) is 3.13. The maximum absolute atomic E-state index is 11.0. The lowest BCUT2D eigenvalue weighted by molar-refractivity contribution is 0.0691. The summed E-state index contributed by atoms with van der Waals surface area (Å²) in [4.78, 5) is 11.0. The van der Waals surface area contributed by atoms with E-state index < -0.39 is 5.97 Å². The van der Waals surface area contributed by atoms with Gasteiger partial charge in [-0.15, -0.1) is 0 Å². The molecule has 0 unspecified atom stereocenters. The molecule has 0 radical (unpaired) electrons. The minimum Gasteiger partial charge on any atom is -0.476 e. The molecular weight excluding hydrogens is 260 g/mol. The highest BCUT2D eigenvalue weighted by Gasteiger charge is 2.15. The normalized spacial score (nSPS) is 10.8. The number of rotatable bonds is 2. The predicted molar refractivity (Wildman–Crippen MR) is 60.1 cm³/mol. The van der Waals surface area contributed by atoms with Crippen LogP contribution in [0.2, 0.25) is 0 Å². The van der Waals surface area contributed by atoms with Crippen molar-refractivity contribution in [2.45, 2.75) is 13.5 Å². The Morgan fingerprint density at radius 2 is 2.33 bits per heavy atom. The summed E-state index contributed by atoms with van der Waals surface area (Å²) in [6.45, 7) is 2.59. The van der Waals surface area contributed by atoms with Gasteiger partial charge in [0.15, 0.2) is 5.69 Å². The molecule has 0 aliphatic carbocycles. The van der Waals surface area contributed by atoms with Crippen LogP contribution in [0.25, 0.3) is 10.9 Å². The van der Waals surface area contributed by atoms with Gasteiger partial charge in [0, 0.05) is 16.4 Å². The number of hydrogen-bond donors (Lipinski definition) is 1. The van der Waals surface area contributed by atoms with Crippen molar-refractivity contribution in [2.24, 2.45) is 0 Å². The Morgan fingerprint density at radius 1 is 1.60 bits per heavy atom. The predicted octanol–water partition coefficient (Wildman–Crippen LogP) is 2.52. The maximum atomic E-state index is 11.0. The smallest absolute Gasteiger partial charge is 0.357 e. The first-order chi connectivity index (χ1) is 7.13. The van der Waals surface area contributed by atoms with E-state index in [0.29, 0.717) is 11.9 Å². The summed E-state index contributed by atoms with van der Waals surface area (Å²) in [7, 11) is 0. The van der Waals surface area contributed by atoms with E-state index in [-0.39, 0.29) is 5.69 Å². The number of nitrogens with zero attached hydrogens (tertiary/aromatic N) is 2. The minimum atomic E-state index is -0.995. The van der Waals surface area contributed by atoms with Crippen molar-refractivity contribution in [3.8, 4) is 0 Å². The topological polar surface area (TPSA) is 55.1 Å². The van der Waals surface area contributed by atoms with Crippen LogP contribution in [0, 0.1) is 0 Å². The van der Waals surface area contributed by atoms with Crippen LogP contribution in [-0.2, 0) is 6.54 Å². The first kappa shape index (κ1) is 10.2. The number of carboxylic acid groups (broad SMARTS) is 1. The quantitative estimate of drug-likeness (QED) is 0.911. The maximum Gasteiger partial charge on any atom is 0.357 e. The van der Waals surface area contributed by atoms with Crippen LogP contribution in [0.15, 0.2) is 22.7 Å². The number of aromatic carboxylic acids is 1. The van der Waals surface area contributed by atoms with Crippen LogP contribution >= 0.6 is 15.9 Å². The van der Waals surface area contributed by atoms with Crippen LogP contribution in [0.5, 0.6) is 0 Å². The highest BCUT2D eigenvalue weighted by atomic mass is 79.9. The molecule has 0 fully saturated rings. The van der Waals surface area contributed by atoms with E-state index in [9.17, 15) is 4.79 Å². The largest absolute Gasteiger partial charge is 0.476 e. The fraction of sp³-hybridized carbons (Fsp3) is 0.200. The summed E-state index contributed by atoms with van der Waals surface area (Å²) in [5.74, 6) is -0.995. The van der Waals surface area contributed by atoms with E-state index >= 15 is 0 Å². The third-order valence-corrected chi connectivity index (χ3v) is 2.71. The van der Waals surface area contributed by atoms with Gasteiger partial charge >= 0.3 is 5.97 Å². The van der Waals surface area contributed by atoms with Crippen molar-refractivity contribution in [1.82, 2.24) is 9.78 Å². The Kier molecular flexibility index (Phi) is 2.48. The standard InChI is InChI=1S/C10H9BrN2O2/c1-2-13-8-4-3-6(11)5-7(8)9(12-13)10(14)15/h3-5H,2H2,1H3,(H,14,15). The van der Waals surface area contributed by atoms with Gasteiger partial charge in [0.1, 0.15) is 0 Å². The second-order valence-corrected chi connectivity index (χ2v) is 4.05. The Morgan fingerprint density at radius 3 is 2.93 bits per heavy atom. The molecule has 2 rings (SSSR count). The lowest BCUT2D eigenvalue weighted by Crippen LogP contribution is -2.01. The lowest BCUT2D eigenvalue weighted by Gasteiger charge is -1.97. The first-order valence-corrected chi connectivity index (χ1v) is 5.32. The molecule has 0 bridgehead atoms. The highest BCUT2D eigenvalue weighted by molar-refractivity contribution is 9.10. The van der Waals surface area contributed by atoms with Crippen LogP contribution < -0.4 is 0 Å². The third-order valence-electron chi connectivity index (χ3n) is 2.21. The van der Waals surface area contributed by atoms with E-state index in [4.69, 9.17) is 5.11 Å².